The SMILES string of the molecule is COc1cc(F)c([C@@H]2CNC(=O)[C@H]2NC(=O)Nc2cccc(C#N)c2)c(F)c1. The number of benzene rings is 2. The van der Waals surface area contributed by atoms with Crippen LogP contribution in [-0.2, 0) is 4.79 Å². The molecule has 0 aromatic heterocycles. The van der Waals surface area contributed by atoms with Gasteiger partial charge in [0.15, 0.2) is 0 Å². The lowest BCUT2D eigenvalue weighted by atomic mass is 9.93. The second-order valence-electron chi connectivity index (χ2n) is 6.13. The van der Waals surface area contributed by atoms with Crippen LogP contribution in [0, 0.1) is 23.0 Å². The van der Waals surface area contributed by atoms with Gasteiger partial charge in [0.25, 0.3) is 0 Å². The fraction of sp³-hybridized carbons (Fsp3) is 0.211. The number of nitrogens with zero attached hydrogens (tertiary/aromatic N) is 1. The third-order valence-electron chi connectivity index (χ3n) is 4.38. The van der Waals surface area contributed by atoms with Crippen molar-refractivity contribution >= 4 is 17.6 Å². The zero-order chi connectivity index (χ0) is 20.3. The number of anilines is 1. The van der Waals surface area contributed by atoms with Crippen molar-refractivity contribution in [2.45, 2.75) is 12.0 Å². The van der Waals surface area contributed by atoms with Crippen molar-refractivity contribution in [1.29, 1.82) is 5.26 Å². The lowest BCUT2D eigenvalue weighted by molar-refractivity contribution is -0.120. The van der Waals surface area contributed by atoms with E-state index in [1.165, 1.54) is 13.2 Å². The van der Waals surface area contributed by atoms with Gasteiger partial charge in [0, 0.05) is 35.8 Å². The minimum absolute atomic E-state index is 0.00987. The number of hydrogen-bond donors (Lipinski definition) is 3. The first-order valence-corrected chi connectivity index (χ1v) is 8.31. The Labute approximate surface area is 159 Å². The Kier molecular flexibility index (Phi) is 5.40. The Morgan fingerprint density at radius 1 is 1.29 bits per heavy atom. The Morgan fingerprint density at radius 3 is 2.64 bits per heavy atom. The summed E-state index contributed by atoms with van der Waals surface area (Å²) in [5, 5.41) is 16.3. The van der Waals surface area contributed by atoms with E-state index in [1.807, 2.05) is 6.07 Å². The molecule has 0 saturated carbocycles. The summed E-state index contributed by atoms with van der Waals surface area (Å²) in [5.74, 6) is -3.22. The zero-order valence-corrected chi connectivity index (χ0v) is 14.8. The van der Waals surface area contributed by atoms with Crippen LogP contribution >= 0.6 is 0 Å². The fourth-order valence-corrected chi connectivity index (χ4v) is 3.06. The summed E-state index contributed by atoms with van der Waals surface area (Å²) in [6.45, 7) is -0.0339. The molecule has 0 radical (unpaired) electrons. The van der Waals surface area contributed by atoms with E-state index in [1.54, 1.807) is 18.2 Å². The summed E-state index contributed by atoms with van der Waals surface area (Å²) in [5.41, 5.74) is 0.376. The summed E-state index contributed by atoms with van der Waals surface area (Å²) in [6, 6.07) is 8.24. The molecule has 0 aliphatic carbocycles. The number of amides is 3. The maximum atomic E-state index is 14.4. The van der Waals surface area contributed by atoms with Crippen LogP contribution in [0.4, 0.5) is 19.3 Å². The van der Waals surface area contributed by atoms with Crippen LogP contribution in [0.1, 0.15) is 17.0 Å². The number of methoxy groups -OCH3 is 1. The van der Waals surface area contributed by atoms with Crippen molar-refractivity contribution in [3.8, 4) is 11.8 Å². The van der Waals surface area contributed by atoms with Gasteiger partial charge in [-0.05, 0) is 18.2 Å². The topological polar surface area (TPSA) is 103 Å². The number of carbonyl (C=O) groups is 2. The largest absolute Gasteiger partial charge is 0.497 e. The maximum absolute atomic E-state index is 14.4. The first-order chi connectivity index (χ1) is 13.4. The predicted molar refractivity (Wildman–Crippen MR) is 95.8 cm³/mol. The van der Waals surface area contributed by atoms with E-state index in [4.69, 9.17) is 10.00 Å². The maximum Gasteiger partial charge on any atom is 0.319 e. The normalized spacial score (nSPS) is 18.1. The molecule has 1 fully saturated rings. The van der Waals surface area contributed by atoms with E-state index in [9.17, 15) is 18.4 Å². The summed E-state index contributed by atoms with van der Waals surface area (Å²) in [7, 11) is 1.28. The fourth-order valence-electron chi connectivity index (χ4n) is 3.06. The predicted octanol–water partition coefficient (Wildman–Crippen LogP) is 2.25. The molecule has 1 aliphatic heterocycles. The smallest absolute Gasteiger partial charge is 0.319 e. The molecule has 3 N–H and O–H groups in total. The van der Waals surface area contributed by atoms with E-state index in [0.29, 0.717) is 11.3 Å². The van der Waals surface area contributed by atoms with E-state index >= 15 is 0 Å². The minimum Gasteiger partial charge on any atom is -0.497 e. The van der Waals surface area contributed by atoms with Gasteiger partial charge in [-0.2, -0.15) is 5.26 Å². The molecule has 3 rings (SSSR count). The van der Waals surface area contributed by atoms with Crippen LogP contribution < -0.4 is 20.7 Å². The molecule has 2 aromatic carbocycles. The number of urea groups is 1. The molecule has 0 unspecified atom stereocenters. The second kappa shape index (κ2) is 7.92. The third-order valence-corrected chi connectivity index (χ3v) is 4.38. The van der Waals surface area contributed by atoms with Gasteiger partial charge >= 0.3 is 6.03 Å². The molecule has 28 heavy (non-hydrogen) atoms. The van der Waals surface area contributed by atoms with Crippen molar-refractivity contribution in [3.05, 3.63) is 59.2 Å². The Morgan fingerprint density at radius 2 is 2.00 bits per heavy atom. The average Bonchev–Trinajstić information content (AvgIpc) is 3.01. The quantitative estimate of drug-likeness (QED) is 0.750. The van der Waals surface area contributed by atoms with Crippen LogP contribution in [0.2, 0.25) is 0 Å². The van der Waals surface area contributed by atoms with Crippen molar-refractivity contribution in [2.24, 2.45) is 0 Å². The van der Waals surface area contributed by atoms with Gasteiger partial charge in [-0.3, -0.25) is 4.79 Å². The number of nitrogens with one attached hydrogen (secondary N) is 3. The monoisotopic (exact) mass is 386 g/mol. The highest BCUT2D eigenvalue weighted by atomic mass is 19.1. The van der Waals surface area contributed by atoms with Crippen LogP contribution in [0.3, 0.4) is 0 Å². The highest BCUT2D eigenvalue weighted by molar-refractivity contribution is 5.95. The van der Waals surface area contributed by atoms with Crippen molar-refractivity contribution in [3.63, 3.8) is 0 Å². The van der Waals surface area contributed by atoms with Crippen LogP contribution in [0.5, 0.6) is 5.75 Å². The molecule has 1 aliphatic rings. The Hall–Kier alpha value is -3.67. The number of ether oxygens (including phenoxy) is 1. The van der Waals surface area contributed by atoms with E-state index in [-0.39, 0.29) is 17.9 Å². The molecule has 1 saturated heterocycles. The number of hydrogen-bond acceptors (Lipinski definition) is 4. The number of rotatable bonds is 4. The highest BCUT2D eigenvalue weighted by Crippen LogP contribution is 2.31. The Balaban J connectivity index is 1.79. The zero-order valence-electron chi connectivity index (χ0n) is 14.8. The molecule has 2 aromatic rings. The highest BCUT2D eigenvalue weighted by Gasteiger charge is 2.40. The van der Waals surface area contributed by atoms with Crippen LogP contribution in [0.25, 0.3) is 0 Å². The molecule has 0 spiro atoms. The molecule has 144 valence electrons. The summed E-state index contributed by atoms with van der Waals surface area (Å²) < 4.78 is 33.6. The lowest BCUT2D eigenvalue weighted by Gasteiger charge is -2.20. The van der Waals surface area contributed by atoms with E-state index in [0.717, 1.165) is 12.1 Å². The molecule has 2 atom stereocenters. The molecule has 3 amide bonds. The number of carbonyl (C=O) groups excluding carboxylic acids is 2. The molecule has 0 bridgehead atoms. The number of halogens is 2. The summed E-state index contributed by atoms with van der Waals surface area (Å²) in [4.78, 5) is 24.4. The molecule has 9 heteroatoms. The van der Waals surface area contributed by atoms with Crippen molar-refractivity contribution < 1.29 is 23.1 Å². The summed E-state index contributed by atoms with van der Waals surface area (Å²) in [6.07, 6.45) is 0. The van der Waals surface area contributed by atoms with Crippen LogP contribution in [-0.4, -0.2) is 31.6 Å². The minimum atomic E-state index is -1.17. The van der Waals surface area contributed by atoms with E-state index < -0.39 is 35.5 Å². The van der Waals surface area contributed by atoms with Gasteiger partial charge in [-0.1, -0.05) is 6.07 Å². The molecule has 1 heterocycles. The van der Waals surface area contributed by atoms with Gasteiger partial charge in [-0.15, -0.1) is 0 Å². The van der Waals surface area contributed by atoms with E-state index in [2.05, 4.69) is 16.0 Å². The standard InChI is InChI=1S/C19H16F2N4O3/c1-28-12-6-14(20)16(15(21)7-12)13-9-23-18(26)17(13)25-19(27)24-11-4-2-3-10(5-11)8-22/h2-7,13,17H,9H2,1H3,(H,23,26)(H2,24,25,27)/t13-,17-/m0/s1. The summed E-state index contributed by atoms with van der Waals surface area (Å²) >= 11 is 0. The van der Waals surface area contributed by atoms with Gasteiger partial charge < -0.3 is 20.7 Å². The third kappa shape index (κ3) is 3.86. The van der Waals surface area contributed by atoms with Gasteiger partial charge in [0.1, 0.15) is 23.4 Å². The molecule has 7 nitrogen and oxygen atoms in total. The van der Waals surface area contributed by atoms with Crippen molar-refractivity contribution in [2.75, 3.05) is 19.0 Å². The first kappa shape index (κ1) is 19.1. The Bertz CT molecular complexity index is 951. The van der Waals surface area contributed by atoms with Gasteiger partial charge in [-0.25, -0.2) is 13.6 Å². The lowest BCUT2D eigenvalue weighted by Crippen LogP contribution is -2.45. The first-order valence-electron chi connectivity index (χ1n) is 8.31. The molecular formula is C19H16F2N4O3. The number of nitriles is 1. The second-order valence-corrected chi connectivity index (χ2v) is 6.13. The van der Waals surface area contributed by atoms with Gasteiger partial charge in [0.05, 0.1) is 18.7 Å². The average molecular weight is 386 g/mol. The molecular weight excluding hydrogens is 370 g/mol. The van der Waals surface area contributed by atoms with Crippen molar-refractivity contribution in [1.82, 2.24) is 10.6 Å². The van der Waals surface area contributed by atoms with Crippen LogP contribution in [0.15, 0.2) is 36.4 Å². The van der Waals surface area contributed by atoms with Gasteiger partial charge in [0.2, 0.25) is 5.91 Å².